The molecule has 9 nitrogen and oxygen atoms in total. The smallest absolute Gasteiger partial charge is 0.260 e. The van der Waals surface area contributed by atoms with Crippen molar-refractivity contribution in [2.75, 3.05) is 32.8 Å². The topological polar surface area (TPSA) is 113 Å². The first kappa shape index (κ1) is 18.4. The first-order chi connectivity index (χ1) is 12.9. The van der Waals surface area contributed by atoms with E-state index in [1.807, 2.05) is 0 Å². The van der Waals surface area contributed by atoms with Gasteiger partial charge in [-0.1, -0.05) is 0 Å². The summed E-state index contributed by atoms with van der Waals surface area (Å²) in [5.41, 5.74) is 0.884. The Balaban J connectivity index is 1.54. The highest BCUT2D eigenvalue weighted by molar-refractivity contribution is 7.89. The second-order valence-electron chi connectivity index (χ2n) is 6.45. The third kappa shape index (κ3) is 3.35. The van der Waals surface area contributed by atoms with Crippen LogP contribution in [0.4, 0.5) is 0 Å². The van der Waals surface area contributed by atoms with E-state index in [9.17, 15) is 16.8 Å². The number of H-pyrrole nitrogens is 1. The molecule has 0 spiro atoms. The van der Waals surface area contributed by atoms with Crippen molar-refractivity contribution in [1.29, 1.82) is 0 Å². The number of nitrogens with zero attached hydrogens (tertiary/aromatic N) is 3. The number of sulfonamides is 2. The first-order valence-corrected chi connectivity index (χ1v) is 11.5. The van der Waals surface area contributed by atoms with Crippen molar-refractivity contribution in [3.8, 4) is 5.75 Å². The Bertz CT molecular complexity index is 1030. The lowest BCUT2D eigenvalue weighted by Gasteiger charge is -2.21. The molecule has 4 rings (SSSR count). The van der Waals surface area contributed by atoms with Crippen LogP contribution in [0.5, 0.6) is 5.75 Å². The minimum absolute atomic E-state index is 0.0115. The molecular weight excluding hydrogens is 392 g/mol. The van der Waals surface area contributed by atoms with Gasteiger partial charge in [0.05, 0.1) is 24.0 Å². The van der Waals surface area contributed by atoms with Crippen LogP contribution in [0.15, 0.2) is 40.6 Å². The van der Waals surface area contributed by atoms with Gasteiger partial charge >= 0.3 is 0 Å². The van der Waals surface area contributed by atoms with E-state index in [2.05, 4.69) is 9.97 Å². The van der Waals surface area contributed by atoms with Gasteiger partial charge in [0.1, 0.15) is 5.75 Å². The molecule has 1 aromatic heterocycles. The molecule has 0 amide bonds. The SMILES string of the molecule is O=S(=O)(c1ccc2c(c1)CCO2)N1CCCN(S(=O)(=O)c2cnc[nH]2)CC1. The highest BCUT2D eigenvalue weighted by Gasteiger charge is 2.32. The van der Waals surface area contributed by atoms with Gasteiger partial charge in [0.15, 0.2) is 5.03 Å². The van der Waals surface area contributed by atoms with Crippen LogP contribution in [0.2, 0.25) is 0 Å². The van der Waals surface area contributed by atoms with E-state index >= 15 is 0 Å². The molecule has 27 heavy (non-hydrogen) atoms. The molecule has 1 N–H and O–H groups in total. The van der Waals surface area contributed by atoms with Gasteiger partial charge in [0.25, 0.3) is 10.0 Å². The van der Waals surface area contributed by atoms with E-state index in [0.717, 1.165) is 11.3 Å². The van der Waals surface area contributed by atoms with Crippen molar-refractivity contribution in [3.63, 3.8) is 0 Å². The first-order valence-electron chi connectivity index (χ1n) is 8.63. The predicted molar refractivity (Wildman–Crippen MR) is 96.4 cm³/mol. The normalized spacial score (nSPS) is 19.4. The number of aromatic nitrogens is 2. The summed E-state index contributed by atoms with van der Waals surface area (Å²) in [5.74, 6) is 0.724. The van der Waals surface area contributed by atoms with Crippen LogP contribution < -0.4 is 4.74 Å². The van der Waals surface area contributed by atoms with Gasteiger partial charge in [-0.2, -0.15) is 8.61 Å². The van der Waals surface area contributed by atoms with Crippen LogP contribution >= 0.6 is 0 Å². The number of hydrogen-bond acceptors (Lipinski definition) is 6. The van der Waals surface area contributed by atoms with Gasteiger partial charge < -0.3 is 9.72 Å². The lowest BCUT2D eigenvalue weighted by Crippen LogP contribution is -2.37. The zero-order valence-electron chi connectivity index (χ0n) is 14.5. The van der Waals surface area contributed by atoms with Crippen molar-refractivity contribution in [3.05, 3.63) is 36.3 Å². The van der Waals surface area contributed by atoms with E-state index < -0.39 is 20.0 Å². The maximum atomic E-state index is 13.0. The van der Waals surface area contributed by atoms with Gasteiger partial charge in [-0.25, -0.2) is 21.8 Å². The zero-order valence-corrected chi connectivity index (χ0v) is 16.2. The summed E-state index contributed by atoms with van der Waals surface area (Å²) < 4.78 is 59.4. The lowest BCUT2D eigenvalue weighted by molar-refractivity contribution is 0.356. The maximum absolute atomic E-state index is 13.0. The number of nitrogens with one attached hydrogen (secondary N) is 1. The third-order valence-corrected chi connectivity index (χ3v) is 8.52. The molecule has 0 atom stereocenters. The molecule has 0 aliphatic carbocycles. The monoisotopic (exact) mass is 412 g/mol. The summed E-state index contributed by atoms with van der Waals surface area (Å²) in [5, 5.41) is 0.0115. The van der Waals surface area contributed by atoms with E-state index in [1.54, 1.807) is 18.2 Å². The molecule has 1 fully saturated rings. The van der Waals surface area contributed by atoms with Crippen molar-refractivity contribution in [2.45, 2.75) is 22.8 Å². The van der Waals surface area contributed by atoms with Crippen LogP contribution in [-0.2, 0) is 26.5 Å². The zero-order chi connectivity index (χ0) is 19.1. The minimum Gasteiger partial charge on any atom is -0.493 e. The van der Waals surface area contributed by atoms with Crippen molar-refractivity contribution in [1.82, 2.24) is 18.6 Å². The largest absolute Gasteiger partial charge is 0.493 e. The Hall–Kier alpha value is -1.95. The van der Waals surface area contributed by atoms with Gasteiger partial charge in [-0.15, -0.1) is 0 Å². The summed E-state index contributed by atoms with van der Waals surface area (Å²) in [6, 6.07) is 4.88. The van der Waals surface area contributed by atoms with Crippen LogP contribution in [0.1, 0.15) is 12.0 Å². The fraction of sp³-hybridized carbons (Fsp3) is 0.438. The molecular formula is C16H20N4O5S2. The van der Waals surface area contributed by atoms with Crippen molar-refractivity contribution in [2.24, 2.45) is 0 Å². The number of hydrogen-bond donors (Lipinski definition) is 1. The highest BCUT2D eigenvalue weighted by atomic mass is 32.2. The lowest BCUT2D eigenvalue weighted by atomic mass is 10.2. The van der Waals surface area contributed by atoms with Gasteiger partial charge in [0.2, 0.25) is 10.0 Å². The molecule has 0 radical (unpaired) electrons. The number of imidazole rings is 1. The standard InChI is InChI=1S/C16H20N4O5S2/c21-26(22,14-2-3-15-13(10-14)4-9-25-15)19-5-1-6-20(8-7-19)27(23,24)16-11-17-12-18-16/h2-3,10-12H,1,4-9H2,(H,17,18). The second kappa shape index (κ2) is 6.89. The molecule has 1 aromatic carbocycles. The molecule has 0 bridgehead atoms. The number of benzene rings is 1. The van der Waals surface area contributed by atoms with Crippen LogP contribution in [0.3, 0.4) is 0 Å². The van der Waals surface area contributed by atoms with Crippen molar-refractivity contribution < 1.29 is 21.6 Å². The van der Waals surface area contributed by atoms with Gasteiger partial charge in [0, 0.05) is 32.6 Å². The fourth-order valence-corrected chi connectivity index (χ4v) is 6.23. The summed E-state index contributed by atoms with van der Waals surface area (Å²) in [6.07, 6.45) is 3.66. The molecule has 2 aliphatic rings. The molecule has 0 unspecified atom stereocenters. The molecule has 0 saturated carbocycles. The van der Waals surface area contributed by atoms with Crippen molar-refractivity contribution >= 4 is 20.0 Å². The third-order valence-electron chi connectivity index (χ3n) is 4.80. The maximum Gasteiger partial charge on any atom is 0.260 e. The average Bonchev–Trinajstić information content (AvgIpc) is 3.28. The molecule has 146 valence electrons. The summed E-state index contributed by atoms with van der Waals surface area (Å²) in [7, 11) is -7.40. The van der Waals surface area contributed by atoms with Crippen LogP contribution in [0.25, 0.3) is 0 Å². The fourth-order valence-electron chi connectivity index (χ4n) is 3.35. The van der Waals surface area contributed by atoms with E-state index in [0.29, 0.717) is 19.4 Å². The minimum atomic E-state index is -3.71. The average molecular weight is 412 g/mol. The molecule has 3 heterocycles. The number of fused-ring (bicyclic) bond motifs is 1. The predicted octanol–water partition coefficient (Wildman–Crippen LogP) is 0.430. The van der Waals surface area contributed by atoms with E-state index in [4.69, 9.17) is 4.74 Å². The molecule has 11 heteroatoms. The Kier molecular flexibility index (Phi) is 4.70. The number of rotatable bonds is 4. The molecule has 2 aliphatic heterocycles. The Morgan fingerprint density at radius 2 is 1.74 bits per heavy atom. The van der Waals surface area contributed by atoms with E-state index in [-0.39, 0.29) is 36.1 Å². The Morgan fingerprint density at radius 3 is 2.44 bits per heavy atom. The van der Waals surface area contributed by atoms with E-state index in [1.165, 1.54) is 21.1 Å². The quantitative estimate of drug-likeness (QED) is 0.779. The summed E-state index contributed by atoms with van der Waals surface area (Å²) >= 11 is 0. The number of aromatic amines is 1. The highest BCUT2D eigenvalue weighted by Crippen LogP contribution is 2.29. The molecule has 1 saturated heterocycles. The van der Waals surface area contributed by atoms with Crippen LogP contribution in [0, 0.1) is 0 Å². The van der Waals surface area contributed by atoms with Gasteiger partial charge in [-0.3, -0.25) is 0 Å². The molecule has 2 aromatic rings. The second-order valence-corrected chi connectivity index (χ2v) is 10.3. The number of ether oxygens (including phenoxy) is 1. The Labute approximate surface area is 158 Å². The summed E-state index contributed by atoms with van der Waals surface area (Å²) in [4.78, 5) is 6.57. The summed E-state index contributed by atoms with van der Waals surface area (Å²) in [6.45, 7) is 1.28. The van der Waals surface area contributed by atoms with Crippen LogP contribution in [-0.4, -0.2) is 68.2 Å². The van der Waals surface area contributed by atoms with Gasteiger partial charge in [-0.05, 0) is 30.2 Å². The Morgan fingerprint density at radius 1 is 1.00 bits per heavy atom.